The molecule has 0 saturated carbocycles. The van der Waals surface area contributed by atoms with E-state index in [9.17, 15) is 4.79 Å². The van der Waals surface area contributed by atoms with Crippen molar-refractivity contribution in [3.8, 4) is 0 Å². The number of hydrogen-bond donors (Lipinski definition) is 3. The van der Waals surface area contributed by atoms with Crippen molar-refractivity contribution in [2.24, 2.45) is 0 Å². The third-order valence-electron chi connectivity index (χ3n) is 3.34. The van der Waals surface area contributed by atoms with Gasteiger partial charge in [0.1, 0.15) is 5.82 Å². The molecule has 1 fully saturated rings. The summed E-state index contributed by atoms with van der Waals surface area (Å²) < 4.78 is 0. The predicted molar refractivity (Wildman–Crippen MR) is 77.6 cm³/mol. The van der Waals surface area contributed by atoms with Crippen molar-refractivity contribution in [3.63, 3.8) is 0 Å². The second kappa shape index (κ2) is 7.09. The first kappa shape index (κ1) is 14.6. The number of aliphatic hydroxyl groups excluding tert-OH is 1. The molecule has 3 N–H and O–H groups in total. The standard InChI is InChI=1S/C14H22N4O2/c1-11(10-19)17-14(20)16-9-12-4-5-13(15-8-12)18-6-2-3-7-18/h4-5,8,11,19H,2-3,6-7,9-10H2,1H3,(H2,16,17,20)/t11-/m0/s1. The molecule has 20 heavy (non-hydrogen) atoms. The van der Waals surface area contributed by atoms with Crippen molar-refractivity contribution >= 4 is 11.8 Å². The Morgan fingerprint density at radius 2 is 2.20 bits per heavy atom. The normalized spacial score (nSPS) is 16.0. The lowest BCUT2D eigenvalue weighted by Crippen LogP contribution is -2.41. The van der Waals surface area contributed by atoms with Gasteiger partial charge >= 0.3 is 6.03 Å². The Bertz CT molecular complexity index is 429. The highest BCUT2D eigenvalue weighted by Gasteiger charge is 2.13. The number of anilines is 1. The van der Waals surface area contributed by atoms with Crippen LogP contribution in [-0.2, 0) is 6.54 Å². The van der Waals surface area contributed by atoms with Crippen LogP contribution in [0.2, 0.25) is 0 Å². The third-order valence-corrected chi connectivity index (χ3v) is 3.34. The molecule has 1 aromatic rings. The van der Waals surface area contributed by atoms with Crippen LogP contribution in [0.5, 0.6) is 0 Å². The molecule has 0 spiro atoms. The Hall–Kier alpha value is -1.82. The van der Waals surface area contributed by atoms with E-state index in [1.807, 2.05) is 12.1 Å². The van der Waals surface area contributed by atoms with E-state index >= 15 is 0 Å². The van der Waals surface area contributed by atoms with Crippen LogP contribution in [0.15, 0.2) is 18.3 Å². The number of carbonyl (C=O) groups excluding carboxylic acids is 1. The number of aliphatic hydroxyl groups is 1. The van der Waals surface area contributed by atoms with Crippen molar-refractivity contribution in [1.82, 2.24) is 15.6 Å². The molecule has 0 unspecified atom stereocenters. The van der Waals surface area contributed by atoms with Crippen molar-refractivity contribution in [3.05, 3.63) is 23.9 Å². The second-order valence-electron chi connectivity index (χ2n) is 5.13. The first-order chi connectivity index (χ1) is 9.69. The minimum absolute atomic E-state index is 0.0699. The fourth-order valence-electron chi connectivity index (χ4n) is 2.16. The minimum Gasteiger partial charge on any atom is -0.394 e. The Morgan fingerprint density at radius 3 is 2.80 bits per heavy atom. The molecule has 6 heteroatoms. The Morgan fingerprint density at radius 1 is 1.45 bits per heavy atom. The van der Waals surface area contributed by atoms with Gasteiger partial charge < -0.3 is 20.6 Å². The molecular weight excluding hydrogens is 256 g/mol. The van der Waals surface area contributed by atoms with E-state index in [1.165, 1.54) is 12.8 Å². The van der Waals surface area contributed by atoms with Crippen molar-refractivity contribution in [1.29, 1.82) is 0 Å². The lowest BCUT2D eigenvalue weighted by atomic mass is 10.3. The third kappa shape index (κ3) is 4.09. The highest BCUT2D eigenvalue weighted by molar-refractivity contribution is 5.74. The summed E-state index contributed by atoms with van der Waals surface area (Å²) in [5.41, 5.74) is 0.958. The Labute approximate surface area is 119 Å². The number of nitrogens with one attached hydrogen (secondary N) is 2. The zero-order valence-corrected chi connectivity index (χ0v) is 11.8. The highest BCUT2D eigenvalue weighted by Crippen LogP contribution is 2.17. The highest BCUT2D eigenvalue weighted by atomic mass is 16.3. The number of amides is 2. The van der Waals surface area contributed by atoms with Crippen LogP contribution in [0, 0.1) is 0 Å². The fraction of sp³-hybridized carbons (Fsp3) is 0.571. The first-order valence-electron chi connectivity index (χ1n) is 7.04. The molecule has 1 saturated heterocycles. The number of pyridine rings is 1. The van der Waals surface area contributed by atoms with E-state index in [0.717, 1.165) is 24.5 Å². The van der Waals surface area contributed by atoms with Gasteiger partial charge in [-0.15, -0.1) is 0 Å². The van der Waals surface area contributed by atoms with Gasteiger partial charge in [0.15, 0.2) is 0 Å². The van der Waals surface area contributed by atoms with Gasteiger partial charge in [-0.05, 0) is 31.4 Å². The Kier molecular flexibility index (Phi) is 5.17. The second-order valence-corrected chi connectivity index (χ2v) is 5.13. The molecule has 6 nitrogen and oxygen atoms in total. The van der Waals surface area contributed by atoms with Crippen LogP contribution >= 0.6 is 0 Å². The summed E-state index contributed by atoms with van der Waals surface area (Å²) >= 11 is 0. The molecule has 2 rings (SSSR count). The summed E-state index contributed by atoms with van der Waals surface area (Å²) in [6.07, 6.45) is 4.26. The smallest absolute Gasteiger partial charge is 0.315 e. The van der Waals surface area contributed by atoms with Crippen molar-refractivity contribution < 1.29 is 9.90 Å². The van der Waals surface area contributed by atoms with Crippen LogP contribution in [-0.4, -0.2) is 41.9 Å². The molecule has 1 atom stereocenters. The average molecular weight is 278 g/mol. The number of rotatable bonds is 5. The van der Waals surface area contributed by atoms with E-state index in [0.29, 0.717) is 6.54 Å². The van der Waals surface area contributed by atoms with Crippen molar-refractivity contribution in [2.45, 2.75) is 32.4 Å². The molecule has 0 bridgehead atoms. The Balaban J connectivity index is 1.80. The molecule has 2 heterocycles. The van der Waals surface area contributed by atoms with Crippen molar-refractivity contribution in [2.75, 3.05) is 24.6 Å². The topological polar surface area (TPSA) is 77.5 Å². The molecule has 0 aliphatic carbocycles. The summed E-state index contributed by atoms with van der Waals surface area (Å²) in [6.45, 7) is 4.25. The fourth-order valence-corrected chi connectivity index (χ4v) is 2.16. The van der Waals surface area contributed by atoms with Crippen LogP contribution in [0.25, 0.3) is 0 Å². The molecule has 1 aliphatic rings. The molecule has 1 aliphatic heterocycles. The van der Waals surface area contributed by atoms with Gasteiger partial charge in [0.2, 0.25) is 0 Å². The molecule has 2 amide bonds. The summed E-state index contributed by atoms with van der Waals surface area (Å²) in [4.78, 5) is 18.2. The predicted octanol–water partition coefficient (Wildman–Crippen LogP) is 0.862. The number of carbonyl (C=O) groups is 1. The van der Waals surface area contributed by atoms with Gasteiger partial charge in [0.25, 0.3) is 0 Å². The first-order valence-corrected chi connectivity index (χ1v) is 7.04. The summed E-state index contributed by atoms with van der Waals surface area (Å²) in [5, 5.41) is 14.2. The van der Waals surface area contributed by atoms with Gasteiger partial charge in [-0.1, -0.05) is 6.07 Å². The summed E-state index contributed by atoms with van der Waals surface area (Å²) in [6, 6.07) is 3.45. The van der Waals surface area contributed by atoms with E-state index in [-0.39, 0.29) is 18.7 Å². The molecular formula is C14H22N4O2. The van der Waals surface area contributed by atoms with Gasteiger partial charge in [-0.2, -0.15) is 0 Å². The number of aromatic nitrogens is 1. The molecule has 1 aromatic heterocycles. The van der Waals surface area contributed by atoms with E-state index in [4.69, 9.17) is 5.11 Å². The quantitative estimate of drug-likeness (QED) is 0.746. The van der Waals surface area contributed by atoms with Crippen LogP contribution in [0.3, 0.4) is 0 Å². The zero-order chi connectivity index (χ0) is 14.4. The lowest BCUT2D eigenvalue weighted by Gasteiger charge is -2.16. The van der Waals surface area contributed by atoms with E-state index in [1.54, 1.807) is 13.1 Å². The van der Waals surface area contributed by atoms with Crippen LogP contribution in [0.4, 0.5) is 10.6 Å². The van der Waals surface area contributed by atoms with Gasteiger partial charge in [0, 0.05) is 25.8 Å². The zero-order valence-electron chi connectivity index (χ0n) is 11.8. The number of hydrogen-bond acceptors (Lipinski definition) is 4. The summed E-state index contributed by atoms with van der Waals surface area (Å²) in [7, 11) is 0. The largest absolute Gasteiger partial charge is 0.394 e. The molecule has 0 aromatic carbocycles. The van der Waals surface area contributed by atoms with E-state index in [2.05, 4.69) is 20.5 Å². The van der Waals surface area contributed by atoms with Crippen LogP contribution in [0.1, 0.15) is 25.3 Å². The number of nitrogens with zero attached hydrogens (tertiary/aromatic N) is 2. The minimum atomic E-state index is -0.282. The summed E-state index contributed by atoms with van der Waals surface area (Å²) in [5.74, 6) is 1.00. The van der Waals surface area contributed by atoms with E-state index < -0.39 is 0 Å². The SMILES string of the molecule is C[C@@H](CO)NC(=O)NCc1ccc(N2CCCC2)nc1. The molecule has 110 valence electrons. The maximum atomic E-state index is 11.5. The maximum Gasteiger partial charge on any atom is 0.315 e. The van der Waals surface area contributed by atoms with Gasteiger partial charge in [-0.25, -0.2) is 9.78 Å². The maximum absolute atomic E-state index is 11.5. The van der Waals surface area contributed by atoms with Gasteiger partial charge in [0.05, 0.1) is 12.6 Å². The monoisotopic (exact) mass is 278 g/mol. The average Bonchev–Trinajstić information content (AvgIpc) is 2.99. The number of urea groups is 1. The van der Waals surface area contributed by atoms with Crippen LogP contribution < -0.4 is 15.5 Å². The molecule has 0 radical (unpaired) electrons. The van der Waals surface area contributed by atoms with Gasteiger partial charge in [-0.3, -0.25) is 0 Å². The lowest BCUT2D eigenvalue weighted by molar-refractivity contribution is 0.220.